The first-order chi connectivity index (χ1) is 11.0. The lowest BCUT2D eigenvalue weighted by molar-refractivity contribution is -0.509. The Morgan fingerprint density at radius 1 is 1.22 bits per heavy atom. The Labute approximate surface area is 137 Å². The molecule has 0 bridgehead atoms. The molecule has 1 unspecified atom stereocenters. The van der Waals surface area contributed by atoms with E-state index in [0.29, 0.717) is 13.1 Å². The van der Waals surface area contributed by atoms with Crippen LogP contribution < -0.4 is 0 Å². The van der Waals surface area contributed by atoms with Gasteiger partial charge < -0.3 is 14.9 Å². The maximum Gasteiger partial charge on any atom is 0.345 e. The molecule has 0 fully saturated rings. The summed E-state index contributed by atoms with van der Waals surface area (Å²) in [6, 6.07) is 0. The fraction of sp³-hybridized carbons (Fsp3) is 0.812. The summed E-state index contributed by atoms with van der Waals surface area (Å²) >= 11 is 0. The highest BCUT2D eigenvalue weighted by atomic mass is 16.5. The lowest BCUT2D eigenvalue weighted by Crippen LogP contribution is -2.40. The van der Waals surface area contributed by atoms with Gasteiger partial charge in [0.1, 0.15) is 19.7 Å². The Bertz CT molecular complexity index is 436. The number of carboxylic acids is 2. The normalized spacial score (nSPS) is 16.0. The molecule has 0 aromatic rings. The fourth-order valence-electron chi connectivity index (χ4n) is 2.86. The molecule has 1 aliphatic heterocycles. The maximum absolute atomic E-state index is 11.0. The molecule has 1 atom stereocenters. The zero-order valence-corrected chi connectivity index (χ0v) is 14.2. The van der Waals surface area contributed by atoms with Crippen molar-refractivity contribution in [1.29, 1.82) is 0 Å². The molecule has 0 saturated heterocycles. The SMILES string of the molecule is CCCCCCCC1=[N+](CC(=O)O)CCN1C(C)OCC(=O)O. The highest BCUT2D eigenvalue weighted by molar-refractivity contribution is 5.80. The van der Waals surface area contributed by atoms with Crippen molar-refractivity contribution in [3.05, 3.63) is 0 Å². The van der Waals surface area contributed by atoms with E-state index in [-0.39, 0.29) is 19.4 Å². The molecule has 1 heterocycles. The van der Waals surface area contributed by atoms with Gasteiger partial charge in [-0.15, -0.1) is 0 Å². The Kier molecular flexibility index (Phi) is 8.61. The van der Waals surface area contributed by atoms with Crippen LogP contribution in [0, 0.1) is 0 Å². The summed E-state index contributed by atoms with van der Waals surface area (Å²) in [5.41, 5.74) is 0. The minimum atomic E-state index is -1.00. The third kappa shape index (κ3) is 6.99. The number of amidine groups is 1. The molecule has 0 aromatic carbocycles. The van der Waals surface area contributed by atoms with Crippen LogP contribution in [0.2, 0.25) is 0 Å². The molecule has 0 amide bonds. The second kappa shape index (κ2) is 10.2. The predicted molar refractivity (Wildman–Crippen MR) is 85.8 cm³/mol. The largest absolute Gasteiger partial charge is 0.480 e. The minimum absolute atomic E-state index is 0.0214. The Morgan fingerprint density at radius 2 is 1.91 bits per heavy atom. The van der Waals surface area contributed by atoms with Gasteiger partial charge in [0.25, 0.3) is 0 Å². The summed E-state index contributed by atoms with van der Waals surface area (Å²) in [4.78, 5) is 23.7. The average molecular weight is 329 g/mol. The molecule has 0 radical (unpaired) electrons. The van der Waals surface area contributed by atoms with Gasteiger partial charge in [0, 0.05) is 13.3 Å². The number of ether oxygens (including phenoxy) is 1. The van der Waals surface area contributed by atoms with Crippen LogP contribution in [0.4, 0.5) is 0 Å². The highest BCUT2D eigenvalue weighted by Crippen LogP contribution is 2.15. The predicted octanol–water partition coefficient (Wildman–Crippen LogP) is 1.61. The Hall–Kier alpha value is -1.63. The van der Waals surface area contributed by atoms with Gasteiger partial charge in [0.2, 0.25) is 5.84 Å². The smallest absolute Gasteiger partial charge is 0.345 e. The van der Waals surface area contributed by atoms with E-state index in [2.05, 4.69) is 6.92 Å². The molecule has 0 saturated carbocycles. The van der Waals surface area contributed by atoms with Crippen molar-refractivity contribution in [2.45, 2.75) is 58.6 Å². The number of carboxylic acid groups (broad SMARTS) is 2. The number of aliphatic carboxylic acids is 2. The summed E-state index contributed by atoms with van der Waals surface area (Å²) in [6.07, 6.45) is 6.16. The van der Waals surface area contributed by atoms with Crippen LogP contribution in [-0.4, -0.2) is 69.9 Å². The summed E-state index contributed by atoms with van der Waals surface area (Å²) < 4.78 is 7.21. The van der Waals surface area contributed by atoms with Crippen LogP contribution in [0.25, 0.3) is 0 Å². The monoisotopic (exact) mass is 329 g/mol. The zero-order chi connectivity index (χ0) is 17.2. The molecule has 0 aromatic heterocycles. The van der Waals surface area contributed by atoms with Crippen LogP contribution >= 0.6 is 0 Å². The number of hydrogen-bond acceptors (Lipinski definition) is 4. The standard InChI is InChI=1S/C16H28N2O5/c1-3-4-5-6-7-8-14-17(11-15(19)20)9-10-18(14)13(2)23-12-16(21)22/h13H,3-12H2,1-2H3,(H-,19,20,21,22)/p+1. The Morgan fingerprint density at radius 3 is 2.52 bits per heavy atom. The van der Waals surface area contributed by atoms with Crippen molar-refractivity contribution in [3.8, 4) is 0 Å². The maximum atomic E-state index is 11.0. The molecule has 0 aliphatic carbocycles. The van der Waals surface area contributed by atoms with Crippen molar-refractivity contribution in [2.75, 3.05) is 26.2 Å². The van der Waals surface area contributed by atoms with E-state index >= 15 is 0 Å². The third-order valence-electron chi connectivity index (χ3n) is 4.02. The summed E-state index contributed by atoms with van der Waals surface area (Å²) in [5, 5.41) is 17.8. The molecular weight excluding hydrogens is 300 g/mol. The first kappa shape index (κ1) is 19.4. The van der Waals surface area contributed by atoms with Gasteiger partial charge >= 0.3 is 11.9 Å². The summed E-state index contributed by atoms with van der Waals surface area (Å²) in [5.74, 6) is -0.893. The summed E-state index contributed by atoms with van der Waals surface area (Å²) in [6.45, 7) is 4.91. The van der Waals surface area contributed by atoms with Gasteiger partial charge in [-0.05, 0) is 6.42 Å². The number of hydrogen-bond donors (Lipinski definition) is 2. The van der Waals surface area contributed by atoms with E-state index in [9.17, 15) is 9.59 Å². The number of nitrogens with zero attached hydrogens (tertiary/aromatic N) is 2. The first-order valence-electron chi connectivity index (χ1n) is 8.38. The van der Waals surface area contributed by atoms with Crippen LogP contribution in [-0.2, 0) is 14.3 Å². The second-order valence-corrected chi connectivity index (χ2v) is 5.89. The molecule has 7 heteroatoms. The third-order valence-corrected chi connectivity index (χ3v) is 4.02. The first-order valence-corrected chi connectivity index (χ1v) is 8.38. The van der Waals surface area contributed by atoms with Crippen LogP contribution in [0.15, 0.2) is 0 Å². The van der Waals surface area contributed by atoms with E-state index in [1.807, 2.05) is 16.4 Å². The van der Waals surface area contributed by atoms with E-state index in [4.69, 9.17) is 14.9 Å². The molecule has 23 heavy (non-hydrogen) atoms. The quantitative estimate of drug-likeness (QED) is 0.417. The molecule has 7 nitrogen and oxygen atoms in total. The van der Waals surface area contributed by atoms with Crippen molar-refractivity contribution in [1.82, 2.24) is 4.90 Å². The van der Waals surface area contributed by atoms with Crippen molar-refractivity contribution in [2.24, 2.45) is 0 Å². The molecule has 0 spiro atoms. The molecule has 132 valence electrons. The van der Waals surface area contributed by atoms with E-state index in [1.54, 1.807) is 0 Å². The van der Waals surface area contributed by atoms with Gasteiger partial charge in [0.05, 0.1) is 0 Å². The zero-order valence-electron chi connectivity index (χ0n) is 14.2. The van der Waals surface area contributed by atoms with Gasteiger partial charge in [0.15, 0.2) is 12.8 Å². The Balaban J connectivity index is 2.65. The van der Waals surface area contributed by atoms with Crippen molar-refractivity contribution < 1.29 is 29.1 Å². The lowest BCUT2D eigenvalue weighted by Gasteiger charge is -2.20. The molecule has 1 rings (SSSR count). The molecule has 1 aliphatic rings. The van der Waals surface area contributed by atoms with Gasteiger partial charge in [-0.25, -0.2) is 14.5 Å². The van der Waals surface area contributed by atoms with Gasteiger partial charge in [-0.2, -0.15) is 0 Å². The van der Waals surface area contributed by atoms with E-state index < -0.39 is 11.9 Å². The van der Waals surface area contributed by atoms with Gasteiger partial charge in [-0.3, -0.25) is 4.58 Å². The van der Waals surface area contributed by atoms with Crippen molar-refractivity contribution in [3.63, 3.8) is 0 Å². The number of unbranched alkanes of at least 4 members (excludes halogenated alkanes) is 4. The molecular formula is C16H29N2O5+. The van der Waals surface area contributed by atoms with Crippen molar-refractivity contribution >= 4 is 17.8 Å². The van der Waals surface area contributed by atoms with Crippen LogP contribution in [0.3, 0.4) is 0 Å². The number of carbonyl (C=O) groups is 2. The minimum Gasteiger partial charge on any atom is -0.480 e. The lowest BCUT2D eigenvalue weighted by atomic mass is 10.1. The van der Waals surface area contributed by atoms with E-state index in [1.165, 1.54) is 19.3 Å². The van der Waals surface area contributed by atoms with Crippen LogP contribution in [0.5, 0.6) is 0 Å². The summed E-state index contributed by atoms with van der Waals surface area (Å²) in [7, 11) is 0. The number of rotatable bonds is 12. The van der Waals surface area contributed by atoms with E-state index in [0.717, 1.165) is 25.1 Å². The molecule has 2 N–H and O–H groups in total. The topological polar surface area (TPSA) is 90.1 Å². The second-order valence-electron chi connectivity index (χ2n) is 5.89. The highest BCUT2D eigenvalue weighted by Gasteiger charge is 2.35. The average Bonchev–Trinajstić information content (AvgIpc) is 2.86. The van der Waals surface area contributed by atoms with Gasteiger partial charge in [-0.1, -0.05) is 32.6 Å². The fourth-order valence-corrected chi connectivity index (χ4v) is 2.86. The van der Waals surface area contributed by atoms with Crippen LogP contribution in [0.1, 0.15) is 52.4 Å².